The lowest BCUT2D eigenvalue weighted by molar-refractivity contribution is 0.0539. The molecule has 2 aromatic rings. The van der Waals surface area contributed by atoms with E-state index < -0.39 is 17.2 Å². The van der Waals surface area contributed by atoms with Gasteiger partial charge in [0.25, 0.3) is 0 Å². The van der Waals surface area contributed by atoms with Gasteiger partial charge in [-0.05, 0) is 31.5 Å². The Kier molecular flexibility index (Phi) is 4.02. The molecule has 0 spiro atoms. The first-order valence-electron chi connectivity index (χ1n) is 6.18. The van der Waals surface area contributed by atoms with Crippen LogP contribution in [0.5, 0.6) is 0 Å². The van der Waals surface area contributed by atoms with E-state index in [-0.39, 0.29) is 12.0 Å². The zero-order chi connectivity index (χ0) is 14.0. The molecule has 0 saturated carbocycles. The standard InChI is InChI=1S/C15H16F2OS/c1-3-10-7-8-11(19-10)9-15(2,18)12-5-4-6-13(16)14(12)17/h4-8,18H,3,9H2,1-2H3. The van der Waals surface area contributed by atoms with Crippen LogP contribution < -0.4 is 0 Å². The van der Waals surface area contributed by atoms with Crippen molar-refractivity contribution in [2.45, 2.75) is 32.3 Å². The summed E-state index contributed by atoms with van der Waals surface area (Å²) in [5.41, 5.74) is -1.42. The topological polar surface area (TPSA) is 20.2 Å². The maximum Gasteiger partial charge on any atom is 0.164 e. The lowest BCUT2D eigenvalue weighted by Gasteiger charge is -2.23. The van der Waals surface area contributed by atoms with Gasteiger partial charge in [0.2, 0.25) is 0 Å². The molecule has 1 unspecified atom stereocenters. The summed E-state index contributed by atoms with van der Waals surface area (Å²) >= 11 is 1.59. The highest BCUT2D eigenvalue weighted by Gasteiger charge is 2.28. The van der Waals surface area contributed by atoms with Gasteiger partial charge >= 0.3 is 0 Å². The van der Waals surface area contributed by atoms with Gasteiger partial charge in [0.05, 0.1) is 5.60 Å². The van der Waals surface area contributed by atoms with Crippen molar-refractivity contribution in [2.24, 2.45) is 0 Å². The molecule has 19 heavy (non-hydrogen) atoms. The fourth-order valence-electron chi connectivity index (χ4n) is 2.06. The second-order valence-electron chi connectivity index (χ2n) is 4.77. The zero-order valence-electron chi connectivity index (χ0n) is 10.9. The molecule has 102 valence electrons. The van der Waals surface area contributed by atoms with Gasteiger partial charge < -0.3 is 5.11 Å². The fourth-order valence-corrected chi connectivity index (χ4v) is 3.17. The first-order valence-corrected chi connectivity index (χ1v) is 7.00. The summed E-state index contributed by atoms with van der Waals surface area (Å²) in [6.45, 7) is 3.57. The third-order valence-electron chi connectivity index (χ3n) is 3.12. The van der Waals surface area contributed by atoms with Gasteiger partial charge in [-0.2, -0.15) is 0 Å². The third kappa shape index (κ3) is 3.01. The summed E-state index contributed by atoms with van der Waals surface area (Å²) in [6, 6.07) is 7.81. The Labute approximate surface area is 115 Å². The summed E-state index contributed by atoms with van der Waals surface area (Å²) in [5.74, 6) is -1.90. The second kappa shape index (κ2) is 5.39. The van der Waals surface area contributed by atoms with Gasteiger partial charge in [-0.1, -0.05) is 19.1 Å². The Morgan fingerprint density at radius 1 is 1.16 bits per heavy atom. The van der Waals surface area contributed by atoms with Crippen LogP contribution in [0.3, 0.4) is 0 Å². The van der Waals surface area contributed by atoms with Gasteiger partial charge in [0, 0.05) is 21.7 Å². The van der Waals surface area contributed by atoms with E-state index in [0.29, 0.717) is 0 Å². The van der Waals surface area contributed by atoms with Gasteiger partial charge in [0.15, 0.2) is 11.6 Å². The van der Waals surface area contributed by atoms with E-state index >= 15 is 0 Å². The molecule has 1 nitrogen and oxygen atoms in total. The van der Waals surface area contributed by atoms with Crippen LogP contribution in [0, 0.1) is 11.6 Å². The Morgan fingerprint density at radius 3 is 2.47 bits per heavy atom. The first-order chi connectivity index (χ1) is 8.94. The van der Waals surface area contributed by atoms with Crippen LogP contribution in [-0.4, -0.2) is 5.11 Å². The average molecular weight is 282 g/mol. The molecule has 0 radical (unpaired) electrons. The van der Waals surface area contributed by atoms with Crippen molar-refractivity contribution < 1.29 is 13.9 Å². The van der Waals surface area contributed by atoms with Crippen LogP contribution in [0.25, 0.3) is 0 Å². The Morgan fingerprint density at radius 2 is 1.84 bits per heavy atom. The highest BCUT2D eigenvalue weighted by Crippen LogP contribution is 2.31. The molecule has 0 aliphatic carbocycles. The van der Waals surface area contributed by atoms with Crippen molar-refractivity contribution in [1.82, 2.24) is 0 Å². The quantitative estimate of drug-likeness (QED) is 0.897. The fraction of sp³-hybridized carbons (Fsp3) is 0.333. The molecule has 0 aliphatic rings. The Bertz CT molecular complexity index is 575. The number of hydrogen-bond acceptors (Lipinski definition) is 2. The van der Waals surface area contributed by atoms with E-state index in [1.165, 1.54) is 23.9 Å². The van der Waals surface area contributed by atoms with Crippen molar-refractivity contribution >= 4 is 11.3 Å². The van der Waals surface area contributed by atoms with E-state index in [1.807, 2.05) is 12.1 Å². The molecule has 0 amide bonds. The van der Waals surface area contributed by atoms with Crippen LogP contribution in [0.4, 0.5) is 8.78 Å². The molecular weight excluding hydrogens is 266 g/mol. The van der Waals surface area contributed by atoms with Gasteiger partial charge in [-0.15, -0.1) is 11.3 Å². The number of aliphatic hydroxyl groups is 1. The number of thiophene rings is 1. The van der Waals surface area contributed by atoms with Crippen molar-refractivity contribution in [2.75, 3.05) is 0 Å². The van der Waals surface area contributed by atoms with E-state index in [0.717, 1.165) is 17.4 Å². The number of benzene rings is 1. The monoisotopic (exact) mass is 282 g/mol. The molecular formula is C15H16F2OS. The molecule has 2 rings (SSSR count). The molecule has 0 bridgehead atoms. The number of aryl methyl sites for hydroxylation is 1. The van der Waals surface area contributed by atoms with Crippen LogP contribution in [0.2, 0.25) is 0 Å². The second-order valence-corrected chi connectivity index (χ2v) is 6.03. The Balaban J connectivity index is 2.29. The maximum absolute atomic E-state index is 13.7. The largest absolute Gasteiger partial charge is 0.385 e. The van der Waals surface area contributed by atoms with Gasteiger partial charge in [0.1, 0.15) is 0 Å². The normalized spacial score (nSPS) is 14.4. The summed E-state index contributed by atoms with van der Waals surface area (Å²) in [7, 11) is 0. The first kappa shape index (κ1) is 14.2. The van der Waals surface area contributed by atoms with Gasteiger partial charge in [-0.3, -0.25) is 0 Å². The predicted octanol–water partition coefficient (Wildman–Crippen LogP) is 4.04. The highest BCUT2D eigenvalue weighted by molar-refractivity contribution is 7.12. The van der Waals surface area contributed by atoms with Crippen molar-refractivity contribution in [1.29, 1.82) is 0 Å². The summed E-state index contributed by atoms with van der Waals surface area (Å²) in [4.78, 5) is 2.18. The molecule has 0 aliphatic heterocycles. The average Bonchev–Trinajstić information content (AvgIpc) is 2.79. The lowest BCUT2D eigenvalue weighted by Crippen LogP contribution is -2.25. The molecule has 4 heteroatoms. The number of rotatable bonds is 4. The smallest absolute Gasteiger partial charge is 0.164 e. The summed E-state index contributed by atoms with van der Waals surface area (Å²) in [5, 5.41) is 10.4. The van der Waals surface area contributed by atoms with E-state index in [2.05, 4.69) is 6.92 Å². The Hall–Kier alpha value is -1.26. The van der Waals surface area contributed by atoms with Crippen molar-refractivity contribution in [3.05, 3.63) is 57.3 Å². The number of hydrogen-bond donors (Lipinski definition) is 1. The molecule has 1 atom stereocenters. The van der Waals surface area contributed by atoms with Crippen molar-refractivity contribution in [3.63, 3.8) is 0 Å². The van der Waals surface area contributed by atoms with Crippen LogP contribution in [-0.2, 0) is 18.4 Å². The van der Waals surface area contributed by atoms with Crippen LogP contribution in [0.1, 0.15) is 29.2 Å². The molecule has 1 heterocycles. The maximum atomic E-state index is 13.7. The van der Waals surface area contributed by atoms with Crippen LogP contribution >= 0.6 is 11.3 Å². The highest BCUT2D eigenvalue weighted by atomic mass is 32.1. The van der Waals surface area contributed by atoms with Crippen LogP contribution in [0.15, 0.2) is 30.3 Å². The molecule has 1 aromatic carbocycles. The molecule has 1 aromatic heterocycles. The third-order valence-corrected chi connectivity index (χ3v) is 4.35. The lowest BCUT2D eigenvalue weighted by atomic mass is 9.91. The van der Waals surface area contributed by atoms with E-state index in [1.54, 1.807) is 11.3 Å². The van der Waals surface area contributed by atoms with E-state index in [4.69, 9.17) is 0 Å². The minimum Gasteiger partial charge on any atom is -0.385 e. The zero-order valence-corrected chi connectivity index (χ0v) is 11.7. The van der Waals surface area contributed by atoms with Gasteiger partial charge in [-0.25, -0.2) is 8.78 Å². The minimum absolute atomic E-state index is 0.000974. The molecule has 0 saturated heterocycles. The SMILES string of the molecule is CCc1ccc(CC(C)(O)c2cccc(F)c2F)s1. The minimum atomic E-state index is -1.41. The predicted molar refractivity (Wildman–Crippen MR) is 73.3 cm³/mol. The number of halogens is 2. The molecule has 1 N–H and O–H groups in total. The summed E-state index contributed by atoms with van der Waals surface area (Å²) in [6.07, 6.45) is 1.21. The van der Waals surface area contributed by atoms with Crippen molar-refractivity contribution in [3.8, 4) is 0 Å². The molecule has 0 fully saturated rings. The van der Waals surface area contributed by atoms with E-state index in [9.17, 15) is 13.9 Å². The summed E-state index contributed by atoms with van der Waals surface area (Å²) < 4.78 is 27.0.